The molecule has 0 amide bonds. The van der Waals surface area contributed by atoms with Gasteiger partial charge in [0.1, 0.15) is 0 Å². The van der Waals surface area contributed by atoms with Crippen molar-refractivity contribution in [1.82, 2.24) is 9.80 Å². The largest absolute Gasteiger partial charge is 0.290 e. The fourth-order valence-electron chi connectivity index (χ4n) is 5.79. The molecule has 0 saturated carbocycles. The van der Waals surface area contributed by atoms with Crippen LogP contribution in [0.5, 0.6) is 0 Å². The Morgan fingerprint density at radius 1 is 0.371 bits per heavy atom. The highest BCUT2D eigenvalue weighted by molar-refractivity contribution is 4.75. The normalized spacial score (nSPS) is 15.6. The van der Waals surface area contributed by atoms with Crippen LogP contribution in [0.4, 0.5) is 0 Å². The Kier molecular flexibility index (Phi) is 24.2. The second-order valence-electron chi connectivity index (χ2n) is 11.9. The Morgan fingerprint density at radius 2 is 0.600 bits per heavy atom. The molecule has 212 valence electrons. The molecule has 0 aromatic carbocycles. The smallest absolute Gasteiger partial charge is 0.0506 e. The SMILES string of the molecule is CCCCC(CC)CN(CC(CC)CCCC)CN(CC(CC)CCCC)CC(CC)CCCC. The molecule has 0 aliphatic heterocycles. The molecular formula is C33H70N2. The summed E-state index contributed by atoms with van der Waals surface area (Å²) in [5.74, 6) is 3.46. The van der Waals surface area contributed by atoms with E-state index in [-0.39, 0.29) is 0 Å². The maximum absolute atomic E-state index is 2.92. The van der Waals surface area contributed by atoms with E-state index < -0.39 is 0 Å². The second-order valence-corrected chi connectivity index (χ2v) is 11.9. The van der Waals surface area contributed by atoms with Crippen molar-refractivity contribution < 1.29 is 0 Å². The highest BCUT2D eigenvalue weighted by atomic mass is 15.3. The van der Waals surface area contributed by atoms with Crippen molar-refractivity contribution in [2.75, 3.05) is 32.8 Å². The van der Waals surface area contributed by atoms with E-state index in [2.05, 4.69) is 65.2 Å². The summed E-state index contributed by atoms with van der Waals surface area (Å²) in [6, 6.07) is 0. The monoisotopic (exact) mass is 495 g/mol. The second kappa shape index (κ2) is 24.3. The van der Waals surface area contributed by atoms with Gasteiger partial charge in [0, 0.05) is 26.2 Å². The van der Waals surface area contributed by atoms with Crippen molar-refractivity contribution in [3.8, 4) is 0 Å². The van der Waals surface area contributed by atoms with E-state index in [9.17, 15) is 0 Å². The topological polar surface area (TPSA) is 6.48 Å². The Bertz CT molecular complexity index is 349. The van der Waals surface area contributed by atoms with Crippen molar-refractivity contribution in [3.05, 3.63) is 0 Å². The van der Waals surface area contributed by atoms with Crippen molar-refractivity contribution in [3.63, 3.8) is 0 Å². The van der Waals surface area contributed by atoms with E-state index in [4.69, 9.17) is 0 Å². The highest BCUT2D eigenvalue weighted by Crippen LogP contribution is 2.23. The van der Waals surface area contributed by atoms with E-state index >= 15 is 0 Å². The lowest BCUT2D eigenvalue weighted by molar-refractivity contribution is 0.0681. The molecule has 35 heavy (non-hydrogen) atoms. The van der Waals surface area contributed by atoms with Crippen LogP contribution in [-0.2, 0) is 0 Å². The van der Waals surface area contributed by atoms with E-state index in [0.29, 0.717) is 0 Å². The first-order chi connectivity index (χ1) is 17.0. The van der Waals surface area contributed by atoms with Gasteiger partial charge in [-0.1, -0.05) is 132 Å². The van der Waals surface area contributed by atoms with Gasteiger partial charge in [0.2, 0.25) is 0 Å². The molecular weight excluding hydrogens is 424 g/mol. The Hall–Kier alpha value is -0.0800. The number of unbranched alkanes of at least 4 members (excludes halogenated alkanes) is 4. The van der Waals surface area contributed by atoms with Crippen LogP contribution in [0.25, 0.3) is 0 Å². The first kappa shape index (κ1) is 34.9. The van der Waals surface area contributed by atoms with Crippen LogP contribution < -0.4 is 0 Å². The van der Waals surface area contributed by atoms with Crippen LogP contribution in [-0.4, -0.2) is 42.6 Å². The molecule has 4 atom stereocenters. The van der Waals surface area contributed by atoms with Crippen LogP contribution in [0, 0.1) is 23.7 Å². The van der Waals surface area contributed by atoms with Crippen LogP contribution in [0.1, 0.15) is 158 Å². The Morgan fingerprint density at radius 3 is 0.771 bits per heavy atom. The standard InChI is InChI=1S/C33H70N2/c1-9-17-21-30(13-5)25-34(26-31(14-6)22-18-10-2)29-35(27-32(15-7)23-19-11-3)28-33(16-8)24-20-12-4/h30-33H,9-29H2,1-8H3. The van der Waals surface area contributed by atoms with Gasteiger partial charge in [-0.3, -0.25) is 9.80 Å². The lowest BCUT2D eigenvalue weighted by Crippen LogP contribution is -2.45. The van der Waals surface area contributed by atoms with E-state index in [0.717, 1.165) is 23.7 Å². The van der Waals surface area contributed by atoms with Gasteiger partial charge < -0.3 is 0 Å². The lowest BCUT2D eigenvalue weighted by atomic mass is 9.95. The van der Waals surface area contributed by atoms with Gasteiger partial charge in [-0.2, -0.15) is 0 Å². The zero-order valence-corrected chi connectivity index (χ0v) is 26.1. The fourth-order valence-corrected chi connectivity index (χ4v) is 5.79. The first-order valence-corrected chi connectivity index (χ1v) is 16.5. The average molecular weight is 495 g/mol. The van der Waals surface area contributed by atoms with E-state index in [1.807, 2.05) is 0 Å². The number of hydrogen-bond donors (Lipinski definition) is 0. The number of nitrogens with zero attached hydrogens (tertiary/aromatic N) is 2. The van der Waals surface area contributed by atoms with Gasteiger partial charge in [0.25, 0.3) is 0 Å². The first-order valence-electron chi connectivity index (χ1n) is 16.5. The molecule has 0 heterocycles. The van der Waals surface area contributed by atoms with Gasteiger partial charge >= 0.3 is 0 Å². The molecule has 0 aromatic heterocycles. The summed E-state index contributed by atoms with van der Waals surface area (Å²) in [6.07, 6.45) is 21.9. The van der Waals surface area contributed by atoms with Gasteiger partial charge in [-0.25, -0.2) is 0 Å². The maximum atomic E-state index is 2.92. The summed E-state index contributed by atoms with van der Waals surface area (Å²) in [4.78, 5) is 5.85. The molecule has 0 saturated heterocycles. The molecule has 0 fully saturated rings. The van der Waals surface area contributed by atoms with Crippen LogP contribution in [0.15, 0.2) is 0 Å². The van der Waals surface area contributed by atoms with E-state index in [1.165, 1.54) is 136 Å². The molecule has 0 aromatic rings. The summed E-state index contributed by atoms with van der Waals surface area (Å²) in [5, 5.41) is 0. The van der Waals surface area contributed by atoms with Gasteiger partial charge in [0.15, 0.2) is 0 Å². The lowest BCUT2D eigenvalue weighted by Gasteiger charge is -2.38. The summed E-state index contributed by atoms with van der Waals surface area (Å²) in [5.41, 5.74) is 0. The predicted octanol–water partition coefficient (Wildman–Crippen LogP) is 10.4. The third kappa shape index (κ3) is 17.9. The summed E-state index contributed by atoms with van der Waals surface area (Å²) in [7, 11) is 0. The summed E-state index contributed by atoms with van der Waals surface area (Å²) in [6.45, 7) is 25.6. The maximum Gasteiger partial charge on any atom is 0.0506 e. The molecule has 0 aliphatic carbocycles. The quantitative estimate of drug-likeness (QED) is 0.110. The fraction of sp³-hybridized carbons (Fsp3) is 1.00. The zero-order chi connectivity index (χ0) is 26.3. The molecule has 0 rings (SSSR count). The third-order valence-corrected chi connectivity index (χ3v) is 8.64. The molecule has 0 N–H and O–H groups in total. The molecule has 0 bridgehead atoms. The zero-order valence-electron chi connectivity index (χ0n) is 26.1. The molecule has 0 radical (unpaired) electrons. The minimum absolute atomic E-state index is 0.865. The average Bonchev–Trinajstić information content (AvgIpc) is 2.88. The minimum Gasteiger partial charge on any atom is -0.290 e. The van der Waals surface area contributed by atoms with Gasteiger partial charge in [0.05, 0.1) is 6.67 Å². The third-order valence-electron chi connectivity index (χ3n) is 8.64. The summed E-state index contributed by atoms with van der Waals surface area (Å²) >= 11 is 0. The molecule has 2 heteroatoms. The number of hydrogen-bond acceptors (Lipinski definition) is 2. The van der Waals surface area contributed by atoms with Crippen molar-refractivity contribution in [2.45, 2.75) is 158 Å². The van der Waals surface area contributed by atoms with Crippen molar-refractivity contribution >= 4 is 0 Å². The minimum atomic E-state index is 0.865. The molecule has 2 nitrogen and oxygen atoms in total. The van der Waals surface area contributed by atoms with Crippen LogP contribution in [0.3, 0.4) is 0 Å². The Balaban J connectivity index is 5.63. The van der Waals surface area contributed by atoms with Crippen molar-refractivity contribution in [1.29, 1.82) is 0 Å². The molecule has 4 unspecified atom stereocenters. The highest BCUT2D eigenvalue weighted by Gasteiger charge is 2.22. The summed E-state index contributed by atoms with van der Waals surface area (Å²) < 4.78 is 0. The van der Waals surface area contributed by atoms with Gasteiger partial charge in [-0.15, -0.1) is 0 Å². The van der Waals surface area contributed by atoms with Crippen LogP contribution >= 0.6 is 0 Å². The van der Waals surface area contributed by atoms with E-state index in [1.54, 1.807) is 0 Å². The number of rotatable bonds is 26. The van der Waals surface area contributed by atoms with Gasteiger partial charge in [-0.05, 0) is 49.4 Å². The molecule has 0 spiro atoms. The van der Waals surface area contributed by atoms with Crippen molar-refractivity contribution in [2.24, 2.45) is 23.7 Å². The Labute approximate surface area is 224 Å². The predicted molar refractivity (Wildman–Crippen MR) is 161 cm³/mol. The van der Waals surface area contributed by atoms with Crippen LogP contribution in [0.2, 0.25) is 0 Å². The molecule has 0 aliphatic rings.